The van der Waals surface area contributed by atoms with Crippen molar-refractivity contribution < 1.29 is 24.3 Å². The molecule has 4 rings (SSSR count). The first kappa shape index (κ1) is 35.6. The summed E-state index contributed by atoms with van der Waals surface area (Å²) < 4.78 is 0. The lowest BCUT2D eigenvalue weighted by molar-refractivity contribution is -0.128. The minimum Gasteiger partial charge on any atom is -0.389 e. The van der Waals surface area contributed by atoms with E-state index in [4.69, 9.17) is 5.73 Å². The third kappa shape index (κ3) is 10.9. The standard InChI is InChI=1S/C37H44N6O5/c1-37(2,3)42-36(48)43(21-20-25-12-6-4-7-13-25)24-32(44)30(22-26-14-8-5-9-15-26)40-35(47)31(23-33(38)45)41-34(46)29-19-18-27-16-10-11-17-28(27)39-29/h4-19,30-32,44H,20-24H2,1-3H3,(H2,38,45)(H,40,47)(H,41,46)(H,42,48)/t30-,31?,32?/m0/s1. The van der Waals surface area contributed by atoms with Gasteiger partial charge < -0.3 is 31.7 Å². The predicted molar refractivity (Wildman–Crippen MR) is 185 cm³/mol. The van der Waals surface area contributed by atoms with Crippen molar-refractivity contribution in [3.63, 3.8) is 0 Å². The Balaban J connectivity index is 1.55. The van der Waals surface area contributed by atoms with E-state index in [9.17, 15) is 24.3 Å². The number of benzene rings is 3. The van der Waals surface area contributed by atoms with Crippen LogP contribution < -0.4 is 21.7 Å². The zero-order valence-corrected chi connectivity index (χ0v) is 27.6. The van der Waals surface area contributed by atoms with E-state index in [1.54, 1.807) is 18.2 Å². The van der Waals surface area contributed by atoms with Gasteiger partial charge in [-0.3, -0.25) is 14.4 Å². The predicted octanol–water partition coefficient (Wildman–Crippen LogP) is 3.35. The number of primary amides is 1. The number of hydrogen-bond acceptors (Lipinski definition) is 6. The van der Waals surface area contributed by atoms with Gasteiger partial charge in [0.15, 0.2) is 0 Å². The van der Waals surface area contributed by atoms with Gasteiger partial charge in [-0.05, 0) is 56.9 Å². The molecule has 0 aliphatic rings. The van der Waals surface area contributed by atoms with Crippen LogP contribution in [-0.2, 0) is 22.4 Å². The second-order valence-corrected chi connectivity index (χ2v) is 12.8. The van der Waals surface area contributed by atoms with E-state index in [-0.39, 0.29) is 24.7 Å². The molecule has 0 radical (unpaired) electrons. The summed E-state index contributed by atoms with van der Waals surface area (Å²) in [6, 6.07) is 26.9. The normalized spacial score (nSPS) is 13.2. The van der Waals surface area contributed by atoms with Crippen molar-refractivity contribution in [1.82, 2.24) is 25.8 Å². The Bertz CT molecular complexity index is 1690. The van der Waals surface area contributed by atoms with Gasteiger partial charge in [-0.1, -0.05) is 84.9 Å². The molecule has 6 N–H and O–H groups in total. The van der Waals surface area contributed by atoms with Gasteiger partial charge in [-0.15, -0.1) is 0 Å². The van der Waals surface area contributed by atoms with Crippen LogP contribution in [0.5, 0.6) is 0 Å². The van der Waals surface area contributed by atoms with Crippen LogP contribution in [0.25, 0.3) is 10.9 Å². The van der Waals surface area contributed by atoms with Crippen LogP contribution in [-0.4, -0.2) is 75.6 Å². The number of aromatic nitrogens is 1. The van der Waals surface area contributed by atoms with Gasteiger partial charge in [0.1, 0.15) is 11.7 Å². The molecule has 0 aliphatic heterocycles. The smallest absolute Gasteiger partial charge is 0.317 e. The Hall–Kier alpha value is -5.29. The van der Waals surface area contributed by atoms with Crippen molar-refractivity contribution in [3.05, 3.63) is 114 Å². The molecule has 3 aromatic carbocycles. The Labute approximate surface area is 280 Å². The summed E-state index contributed by atoms with van der Waals surface area (Å²) in [5, 5.41) is 20.9. The molecular weight excluding hydrogens is 608 g/mol. The summed E-state index contributed by atoms with van der Waals surface area (Å²) in [5.74, 6) is -2.17. The minimum absolute atomic E-state index is 0.0655. The number of aliphatic hydroxyl groups is 1. The number of carbonyl (C=O) groups excluding carboxylic acids is 4. The lowest BCUT2D eigenvalue weighted by Gasteiger charge is -2.33. The Morgan fingerprint density at radius 1 is 0.833 bits per heavy atom. The van der Waals surface area contributed by atoms with E-state index in [1.165, 1.54) is 11.0 Å². The van der Waals surface area contributed by atoms with Crippen LogP contribution in [0.3, 0.4) is 0 Å². The number of rotatable bonds is 14. The fourth-order valence-electron chi connectivity index (χ4n) is 5.21. The van der Waals surface area contributed by atoms with E-state index >= 15 is 0 Å². The second kappa shape index (κ2) is 16.5. The maximum absolute atomic E-state index is 13.7. The SMILES string of the molecule is CC(C)(C)NC(=O)N(CCc1ccccc1)CC(O)[C@H](Cc1ccccc1)NC(=O)C(CC(N)=O)NC(=O)c1ccc2ccccc2n1. The van der Waals surface area contributed by atoms with Crippen molar-refractivity contribution >= 4 is 34.7 Å². The molecule has 1 heterocycles. The highest BCUT2D eigenvalue weighted by Crippen LogP contribution is 2.14. The minimum atomic E-state index is -1.34. The molecule has 2 unspecified atom stereocenters. The highest BCUT2D eigenvalue weighted by molar-refractivity contribution is 5.99. The molecule has 0 saturated heterocycles. The fourth-order valence-corrected chi connectivity index (χ4v) is 5.21. The number of nitrogens with one attached hydrogen (secondary N) is 3. The van der Waals surface area contributed by atoms with E-state index in [2.05, 4.69) is 20.9 Å². The maximum Gasteiger partial charge on any atom is 0.317 e. The second-order valence-electron chi connectivity index (χ2n) is 12.8. The molecule has 252 valence electrons. The largest absolute Gasteiger partial charge is 0.389 e. The number of para-hydroxylation sites is 1. The maximum atomic E-state index is 13.7. The molecule has 4 aromatic rings. The summed E-state index contributed by atoms with van der Waals surface area (Å²) in [7, 11) is 0. The summed E-state index contributed by atoms with van der Waals surface area (Å²) >= 11 is 0. The third-order valence-corrected chi connectivity index (χ3v) is 7.64. The first-order valence-corrected chi connectivity index (χ1v) is 16.0. The molecule has 5 amide bonds. The van der Waals surface area contributed by atoms with Crippen LogP contribution in [0.2, 0.25) is 0 Å². The third-order valence-electron chi connectivity index (χ3n) is 7.64. The molecular formula is C37H44N6O5. The Morgan fingerprint density at radius 2 is 1.46 bits per heavy atom. The van der Waals surface area contributed by atoms with E-state index in [0.717, 1.165) is 16.5 Å². The summed E-state index contributed by atoms with van der Waals surface area (Å²) in [5.41, 5.74) is 7.47. The first-order chi connectivity index (χ1) is 22.9. The van der Waals surface area contributed by atoms with Crippen LogP contribution in [0.15, 0.2) is 97.1 Å². The number of aliphatic hydroxyl groups excluding tert-OH is 1. The van der Waals surface area contributed by atoms with Crippen LogP contribution in [0, 0.1) is 0 Å². The molecule has 48 heavy (non-hydrogen) atoms. The number of pyridine rings is 1. The number of urea groups is 1. The average molecular weight is 653 g/mol. The molecule has 1 aromatic heterocycles. The van der Waals surface area contributed by atoms with Gasteiger partial charge in [0.25, 0.3) is 5.91 Å². The molecule has 0 saturated carbocycles. The molecule has 11 heteroatoms. The molecule has 11 nitrogen and oxygen atoms in total. The van der Waals surface area contributed by atoms with Crippen molar-refractivity contribution in [2.24, 2.45) is 5.73 Å². The van der Waals surface area contributed by atoms with Gasteiger partial charge >= 0.3 is 6.03 Å². The Kier molecular flexibility index (Phi) is 12.2. The highest BCUT2D eigenvalue weighted by Gasteiger charge is 2.31. The van der Waals surface area contributed by atoms with Gasteiger partial charge in [0.2, 0.25) is 11.8 Å². The van der Waals surface area contributed by atoms with E-state index < -0.39 is 47.9 Å². The van der Waals surface area contributed by atoms with Gasteiger partial charge in [-0.25, -0.2) is 9.78 Å². The van der Waals surface area contributed by atoms with E-state index in [0.29, 0.717) is 18.5 Å². The fraction of sp³-hybridized carbons (Fsp3) is 0.324. The zero-order valence-electron chi connectivity index (χ0n) is 27.6. The number of nitrogens with zero attached hydrogens (tertiary/aromatic N) is 2. The summed E-state index contributed by atoms with van der Waals surface area (Å²) in [4.78, 5) is 58.3. The summed E-state index contributed by atoms with van der Waals surface area (Å²) in [6.07, 6.45) is -0.931. The van der Waals surface area contributed by atoms with Crippen molar-refractivity contribution in [3.8, 4) is 0 Å². The summed E-state index contributed by atoms with van der Waals surface area (Å²) in [6.45, 7) is 5.83. The molecule has 0 fully saturated rings. The van der Waals surface area contributed by atoms with Crippen LogP contribution >= 0.6 is 0 Å². The van der Waals surface area contributed by atoms with Crippen molar-refractivity contribution in [2.45, 2.75) is 63.8 Å². The molecule has 3 atom stereocenters. The zero-order chi connectivity index (χ0) is 34.7. The average Bonchev–Trinajstić information content (AvgIpc) is 3.05. The number of nitrogens with two attached hydrogens (primary N) is 1. The topological polar surface area (TPSA) is 167 Å². The van der Waals surface area contributed by atoms with Crippen LogP contribution in [0.1, 0.15) is 48.8 Å². The van der Waals surface area contributed by atoms with Gasteiger partial charge in [-0.2, -0.15) is 0 Å². The molecule has 0 bridgehead atoms. The Morgan fingerprint density at radius 3 is 2.10 bits per heavy atom. The quantitative estimate of drug-likeness (QED) is 0.140. The number of amides is 5. The van der Waals surface area contributed by atoms with Crippen molar-refractivity contribution in [1.29, 1.82) is 0 Å². The van der Waals surface area contributed by atoms with Gasteiger partial charge in [0, 0.05) is 17.5 Å². The molecule has 0 aliphatic carbocycles. The number of fused-ring (bicyclic) bond motifs is 1. The van der Waals surface area contributed by atoms with Gasteiger partial charge in [0.05, 0.1) is 30.6 Å². The lowest BCUT2D eigenvalue weighted by atomic mass is 9.99. The highest BCUT2D eigenvalue weighted by atomic mass is 16.3. The number of hydrogen-bond donors (Lipinski definition) is 5. The monoisotopic (exact) mass is 652 g/mol. The first-order valence-electron chi connectivity index (χ1n) is 16.0. The van der Waals surface area contributed by atoms with E-state index in [1.807, 2.05) is 93.6 Å². The number of carbonyl (C=O) groups is 4. The lowest BCUT2D eigenvalue weighted by Crippen LogP contribution is -2.57. The van der Waals surface area contributed by atoms with Crippen molar-refractivity contribution in [2.75, 3.05) is 13.1 Å². The van der Waals surface area contributed by atoms with Crippen LogP contribution in [0.4, 0.5) is 4.79 Å². The molecule has 0 spiro atoms.